The van der Waals surface area contributed by atoms with Gasteiger partial charge in [0, 0.05) is 16.0 Å². The molecule has 4 rings (SSSR count). The van der Waals surface area contributed by atoms with Crippen molar-refractivity contribution in [3.8, 4) is 11.3 Å². The number of ether oxygens (including phenoxy) is 1. The van der Waals surface area contributed by atoms with Crippen LogP contribution in [0.2, 0.25) is 5.02 Å². The summed E-state index contributed by atoms with van der Waals surface area (Å²) in [6, 6.07) is 14.3. The van der Waals surface area contributed by atoms with E-state index in [1.165, 1.54) is 11.1 Å². The van der Waals surface area contributed by atoms with Crippen molar-refractivity contribution in [1.29, 1.82) is 0 Å². The normalized spacial score (nSPS) is 15.8. The van der Waals surface area contributed by atoms with Crippen molar-refractivity contribution >= 4 is 29.2 Å². The lowest BCUT2D eigenvalue weighted by molar-refractivity contribution is -0.906. The highest BCUT2D eigenvalue weighted by atomic mass is 35.5. The Morgan fingerprint density at radius 3 is 2.65 bits per heavy atom. The summed E-state index contributed by atoms with van der Waals surface area (Å²) in [5.74, 6) is 0. The minimum absolute atomic E-state index is 0.725. The third-order valence-electron chi connectivity index (χ3n) is 5.48. The number of hydrogen-bond acceptors (Lipinski definition) is 4. The molecule has 1 N–H and O–H groups in total. The van der Waals surface area contributed by atoms with Gasteiger partial charge in [-0.2, -0.15) is 5.10 Å². The summed E-state index contributed by atoms with van der Waals surface area (Å²) in [7, 11) is 0. The van der Waals surface area contributed by atoms with Gasteiger partial charge < -0.3 is 9.64 Å². The van der Waals surface area contributed by atoms with Gasteiger partial charge in [-0.05, 0) is 37.1 Å². The highest BCUT2D eigenvalue weighted by Crippen LogP contribution is 2.22. The first-order chi connectivity index (χ1) is 15.1. The van der Waals surface area contributed by atoms with E-state index in [0.29, 0.717) is 0 Å². The van der Waals surface area contributed by atoms with Crippen molar-refractivity contribution < 1.29 is 9.64 Å². The fourth-order valence-corrected chi connectivity index (χ4v) is 4.64. The largest absolute Gasteiger partial charge is 0.370 e. The van der Waals surface area contributed by atoms with Crippen molar-refractivity contribution in [2.24, 2.45) is 10.1 Å². The molecule has 2 heterocycles. The van der Waals surface area contributed by atoms with E-state index in [0.717, 1.165) is 66.0 Å². The quantitative estimate of drug-likeness (QED) is 0.570. The van der Waals surface area contributed by atoms with Gasteiger partial charge in [-0.25, -0.2) is 4.68 Å². The van der Waals surface area contributed by atoms with E-state index in [1.807, 2.05) is 35.2 Å². The highest BCUT2D eigenvalue weighted by molar-refractivity contribution is 7.07. The molecule has 1 aliphatic heterocycles. The molecule has 0 amide bonds. The molecule has 0 aliphatic carbocycles. The minimum atomic E-state index is 0.725. The predicted octanol–water partition coefficient (Wildman–Crippen LogP) is 3.18. The van der Waals surface area contributed by atoms with Gasteiger partial charge in [0.05, 0.1) is 38.2 Å². The molecule has 31 heavy (non-hydrogen) atoms. The lowest BCUT2D eigenvalue weighted by Gasteiger charge is -2.22. The van der Waals surface area contributed by atoms with Crippen LogP contribution in [0, 0.1) is 13.8 Å². The lowest BCUT2D eigenvalue weighted by atomic mass is 10.1. The molecule has 0 bridgehead atoms. The summed E-state index contributed by atoms with van der Waals surface area (Å²) in [4.78, 5) is 7.35. The number of morpholine rings is 1. The van der Waals surface area contributed by atoms with Crippen molar-refractivity contribution in [3.05, 3.63) is 74.4 Å². The Kier molecular flexibility index (Phi) is 7.35. The first-order valence-electron chi connectivity index (χ1n) is 10.6. The monoisotopic (exact) mass is 455 g/mol. The zero-order valence-corrected chi connectivity index (χ0v) is 19.5. The Labute approximate surface area is 192 Å². The van der Waals surface area contributed by atoms with Crippen LogP contribution in [0.4, 0.5) is 0 Å². The molecule has 3 aromatic rings. The van der Waals surface area contributed by atoms with E-state index in [2.05, 4.69) is 37.4 Å². The summed E-state index contributed by atoms with van der Waals surface area (Å²) in [6.45, 7) is 9.80. The predicted molar refractivity (Wildman–Crippen MR) is 128 cm³/mol. The van der Waals surface area contributed by atoms with Crippen molar-refractivity contribution in [2.45, 2.75) is 13.8 Å². The number of aryl methyl sites for hydroxylation is 2. The Bertz CT molecular complexity index is 1110. The smallest absolute Gasteiger partial charge is 0.206 e. The van der Waals surface area contributed by atoms with Crippen LogP contribution in [-0.2, 0) is 4.74 Å². The molecule has 1 aliphatic rings. The van der Waals surface area contributed by atoms with Crippen molar-refractivity contribution in [2.75, 3.05) is 39.4 Å². The Hall–Kier alpha value is -2.25. The van der Waals surface area contributed by atoms with Gasteiger partial charge in [-0.1, -0.05) is 47.5 Å². The first-order valence-corrected chi connectivity index (χ1v) is 11.9. The maximum atomic E-state index is 6.09. The maximum absolute atomic E-state index is 6.09. The number of thiazole rings is 1. The number of nitrogens with one attached hydrogen (secondary N) is 1. The van der Waals surface area contributed by atoms with Gasteiger partial charge in [0.2, 0.25) is 4.80 Å². The van der Waals surface area contributed by atoms with Gasteiger partial charge in [-0.15, -0.1) is 11.3 Å². The van der Waals surface area contributed by atoms with E-state index >= 15 is 0 Å². The number of rotatable bonds is 6. The Morgan fingerprint density at radius 1 is 1.13 bits per heavy atom. The maximum Gasteiger partial charge on any atom is 0.206 e. The van der Waals surface area contributed by atoms with E-state index in [4.69, 9.17) is 26.4 Å². The van der Waals surface area contributed by atoms with Gasteiger partial charge >= 0.3 is 0 Å². The molecule has 0 radical (unpaired) electrons. The van der Waals surface area contributed by atoms with Gasteiger partial charge in [0.25, 0.3) is 0 Å². The Balaban J connectivity index is 1.65. The van der Waals surface area contributed by atoms with Crippen LogP contribution >= 0.6 is 22.9 Å². The Morgan fingerprint density at radius 2 is 1.90 bits per heavy atom. The van der Waals surface area contributed by atoms with Crippen molar-refractivity contribution in [3.63, 3.8) is 0 Å². The summed E-state index contributed by atoms with van der Waals surface area (Å²) in [6.07, 6.45) is 1.92. The molecule has 162 valence electrons. The van der Waals surface area contributed by atoms with Gasteiger partial charge in [-0.3, -0.25) is 4.99 Å². The van der Waals surface area contributed by atoms with Crippen LogP contribution in [0.3, 0.4) is 0 Å². The fraction of sp³-hybridized carbons (Fsp3) is 0.333. The number of halogens is 1. The minimum Gasteiger partial charge on any atom is -0.370 e. The summed E-state index contributed by atoms with van der Waals surface area (Å²) in [5, 5.41) is 7.68. The van der Waals surface area contributed by atoms with Crippen LogP contribution in [0.5, 0.6) is 0 Å². The zero-order chi connectivity index (χ0) is 21.6. The van der Waals surface area contributed by atoms with Crippen LogP contribution < -0.4 is 9.70 Å². The standard InChI is InChI=1S/C24H27ClN4OS/c1-18-3-4-21(19(2)15-18)16-27-29-23(20-5-7-22(25)8-6-20)17-31-24(29)26-9-10-28-11-13-30-14-12-28/h3-8,15-17H,9-14H2,1-2H3/p+1/b26-24?,27-16+. The summed E-state index contributed by atoms with van der Waals surface area (Å²) >= 11 is 7.71. The molecule has 2 aromatic carbocycles. The lowest BCUT2D eigenvalue weighted by Crippen LogP contribution is -3.14. The molecule has 0 saturated carbocycles. The van der Waals surface area contributed by atoms with Crippen LogP contribution in [0.25, 0.3) is 11.3 Å². The molecular formula is C24H28ClN4OS+. The third-order valence-corrected chi connectivity index (χ3v) is 6.58. The van der Waals surface area contributed by atoms with E-state index < -0.39 is 0 Å². The van der Waals surface area contributed by atoms with Gasteiger partial charge in [0.15, 0.2) is 0 Å². The fourth-order valence-electron chi connectivity index (χ4n) is 3.65. The summed E-state index contributed by atoms with van der Waals surface area (Å²) < 4.78 is 7.40. The van der Waals surface area contributed by atoms with Crippen LogP contribution in [-0.4, -0.2) is 50.3 Å². The molecule has 0 spiro atoms. The van der Waals surface area contributed by atoms with E-state index in [-0.39, 0.29) is 0 Å². The SMILES string of the molecule is Cc1ccc(/C=N/n2c(-c3ccc(Cl)cc3)csc2=NCC[NH+]2CCOCC2)c(C)c1. The molecule has 1 saturated heterocycles. The second kappa shape index (κ2) is 10.4. The van der Waals surface area contributed by atoms with Crippen LogP contribution in [0.15, 0.2) is 57.9 Å². The number of quaternary nitrogens is 1. The zero-order valence-electron chi connectivity index (χ0n) is 18.0. The molecule has 5 nitrogen and oxygen atoms in total. The number of aromatic nitrogens is 1. The number of hydrogen-bond donors (Lipinski definition) is 1. The molecule has 1 fully saturated rings. The number of benzene rings is 2. The second-order valence-electron chi connectivity index (χ2n) is 7.82. The number of nitrogens with zero attached hydrogens (tertiary/aromatic N) is 3. The van der Waals surface area contributed by atoms with Gasteiger partial charge in [0.1, 0.15) is 13.1 Å². The molecule has 7 heteroatoms. The molecule has 1 aromatic heterocycles. The third kappa shape index (κ3) is 5.71. The topological polar surface area (TPSA) is 43.3 Å². The van der Waals surface area contributed by atoms with E-state index in [1.54, 1.807) is 16.2 Å². The molecule has 0 atom stereocenters. The average molecular weight is 456 g/mol. The van der Waals surface area contributed by atoms with Crippen LogP contribution in [0.1, 0.15) is 16.7 Å². The first kappa shape index (κ1) is 22.0. The second-order valence-corrected chi connectivity index (χ2v) is 9.09. The molecule has 0 unspecified atom stereocenters. The highest BCUT2D eigenvalue weighted by Gasteiger charge is 2.13. The van der Waals surface area contributed by atoms with E-state index in [9.17, 15) is 0 Å². The molecular weight excluding hydrogens is 428 g/mol. The average Bonchev–Trinajstić information content (AvgIpc) is 3.17. The van der Waals surface area contributed by atoms with Crippen molar-refractivity contribution in [1.82, 2.24) is 4.68 Å². The summed E-state index contributed by atoms with van der Waals surface area (Å²) in [5.41, 5.74) is 5.65.